The van der Waals surface area contributed by atoms with Crippen LogP contribution in [0.25, 0.3) is 0 Å². The Morgan fingerprint density at radius 2 is 2.14 bits per heavy atom. The van der Waals surface area contributed by atoms with E-state index in [-0.39, 0.29) is 24.4 Å². The van der Waals surface area contributed by atoms with Crippen molar-refractivity contribution in [3.8, 4) is 0 Å². The quantitative estimate of drug-likeness (QED) is 0.883. The van der Waals surface area contributed by atoms with E-state index in [0.717, 1.165) is 11.8 Å². The van der Waals surface area contributed by atoms with Crippen molar-refractivity contribution in [1.29, 1.82) is 0 Å². The number of nitrogens with zero attached hydrogens (tertiary/aromatic N) is 1. The molecule has 1 aliphatic heterocycles. The van der Waals surface area contributed by atoms with Crippen molar-refractivity contribution in [1.82, 2.24) is 10.2 Å². The fraction of sp³-hybridized carbons (Fsp3) is 0.500. The molecule has 0 aliphatic carbocycles. The first-order valence-corrected chi connectivity index (χ1v) is 9.09. The molecule has 0 aromatic heterocycles. The largest absolute Gasteiger partial charge is 0.332 e. The molecule has 0 radical (unpaired) electrons. The molecular weight excluding hydrogens is 347 g/mol. The summed E-state index contributed by atoms with van der Waals surface area (Å²) in [4.78, 5) is 14.1. The molecule has 1 heterocycles. The van der Waals surface area contributed by atoms with E-state index in [9.17, 15) is 13.2 Å². The van der Waals surface area contributed by atoms with Gasteiger partial charge in [-0.2, -0.15) is 0 Å². The first-order valence-electron chi connectivity index (χ1n) is 6.76. The Hall–Kier alpha value is -0.820. The minimum absolute atomic E-state index is 0. The molecule has 1 aliphatic rings. The smallest absolute Gasteiger partial charge is 0.241 e. The van der Waals surface area contributed by atoms with Gasteiger partial charge in [0.05, 0.1) is 6.04 Å². The fourth-order valence-electron chi connectivity index (χ4n) is 2.40. The summed E-state index contributed by atoms with van der Waals surface area (Å²) in [5.74, 6) is -0.357. The molecular formula is C14H20Cl2N2O3S. The summed E-state index contributed by atoms with van der Waals surface area (Å²) in [6.07, 6.45) is 1.09. The highest BCUT2D eigenvalue weighted by Crippen LogP contribution is 2.26. The summed E-state index contributed by atoms with van der Waals surface area (Å²) < 4.78 is 23.3. The molecule has 1 aromatic rings. The summed E-state index contributed by atoms with van der Waals surface area (Å²) in [6.45, 7) is 3.16. The van der Waals surface area contributed by atoms with Crippen molar-refractivity contribution in [3.05, 3.63) is 34.9 Å². The highest BCUT2D eigenvalue weighted by Gasteiger charge is 2.34. The van der Waals surface area contributed by atoms with Crippen LogP contribution in [0, 0.1) is 0 Å². The summed E-state index contributed by atoms with van der Waals surface area (Å²) in [5.41, 5.74) is 0.906. The number of hydrogen-bond acceptors (Lipinski definition) is 4. The standard InChI is InChI=1S/C14H19ClN2O3S.ClH/c1-10(21(2,19)20)14(18)17-7-6-16-9-13(17)11-4-3-5-12(15)8-11;/h3-5,8,10,13,16H,6-7,9H2,1-2H3;1H. The normalized spacial score (nSPS) is 20.1. The Labute approximate surface area is 142 Å². The van der Waals surface area contributed by atoms with Gasteiger partial charge in [-0.05, 0) is 24.6 Å². The number of amides is 1. The van der Waals surface area contributed by atoms with Crippen LogP contribution >= 0.6 is 24.0 Å². The maximum atomic E-state index is 12.5. The number of hydrogen-bond donors (Lipinski definition) is 1. The van der Waals surface area contributed by atoms with Crippen LogP contribution < -0.4 is 5.32 Å². The third-order valence-electron chi connectivity index (χ3n) is 3.75. The molecule has 1 saturated heterocycles. The van der Waals surface area contributed by atoms with Crippen molar-refractivity contribution in [2.45, 2.75) is 18.2 Å². The van der Waals surface area contributed by atoms with Crippen LogP contribution in [0.3, 0.4) is 0 Å². The summed E-state index contributed by atoms with van der Waals surface area (Å²) in [7, 11) is -3.40. The topological polar surface area (TPSA) is 66.5 Å². The van der Waals surface area contributed by atoms with Gasteiger partial charge in [0.1, 0.15) is 5.25 Å². The number of sulfone groups is 1. The third-order valence-corrected chi connectivity index (χ3v) is 5.47. The van der Waals surface area contributed by atoms with E-state index >= 15 is 0 Å². The van der Waals surface area contributed by atoms with E-state index in [2.05, 4.69) is 5.32 Å². The lowest BCUT2D eigenvalue weighted by Crippen LogP contribution is -2.52. The van der Waals surface area contributed by atoms with Gasteiger partial charge in [0, 0.05) is 30.9 Å². The van der Waals surface area contributed by atoms with Crippen molar-refractivity contribution in [3.63, 3.8) is 0 Å². The van der Waals surface area contributed by atoms with E-state index in [4.69, 9.17) is 11.6 Å². The minimum Gasteiger partial charge on any atom is -0.332 e. The average Bonchev–Trinajstić information content (AvgIpc) is 2.45. The van der Waals surface area contributed by atoms with Gasteiger partial charge in [-0.15, -0.1) is 12.4 Å². The van der Waals surface area contributed by atoms with Crippen molar-refractivity contribution >= 4 is 39.8 Å². The molecule has 0 spiro atoms. The molecule has 1 aromatic carbocycles. The molecule has 8 heteroatoms. The van der Waals surface area contributed by atoms with Gasteiger partial charge in [-0.1, -0.05) is 23.7 Å². The number of rotatable bonds is 3. The summed E-state index contributed by atoms with van der Waals surface area (Å²) in [6, 6.07) is 7.11. The van der Waals surface area contributed by atoms with Crippen LogP contribution in [0.5, 0.6) is 0 Å². The van der Waals surface area contributed by atoms with Gasteiger partial charge in [-0.25, -0.2) is 8.42 Å². The van der Waals surface area contributed by atoms with Gasteiger partial charge in [0.15, 0.2) is 9.84 Å². The lowest BCUT2D eigenvalue weighted by Gasteiger charge is -2.37. The van der Waals surface area contributed by atoms with Crippen LogP contribution in [0.1, 0.15) is 18.5 Å². The van der Waals surface area contributed by atoms with Gasteiger partial charge >= 0.3 is 0 Å². The number of halogens is 2. The number of benzene rings is 1. The third kappa shape index (κ3) is 4.35. The Kier molecular flexibility index (Phi) is 6.67. The highest BCUT2D eigenvalue weighted by atomic mass is 35.5. The Morgan fingerprint density at radius 1 is 1.45 bits per heavy atom. The van der Waals surface area contributed by atoms with Crippen LogP contribution in [0.2, 0.25) is 5.02 Å². The van der Waals surface area contributed by atoms with Crippen molar-refractivity contribution < 1.29 is 13.2 Å². The molecule has 124 valence electrons. The van der Waals surface area contributed by atoms with Gasteiger partial charge < -0.3 is 10.2 Å². The van der Waals surface area contributed by atoms with Crippen molar-refractivity contribution in [2.24, 2.45) is 0 Å². The summed E-state index contributed by atoms with van der Waals surface area (Å²) >= 11 is 6.01. The monoisotopic (exact) mass is 366 g/mol. The molecule has 2 unspecified atom stereocenters. The molecule has 1 amide bonds. The minimum atomic E-state index is -3.40. The van der Waals surface area contributed by atoms with Gasteiger partial charge in [-0.3, -0.25) is 4.79 Å². The predicted octanol–water partition coefficient (Wildman–Crippen LogP) is 1.67. The van der Waals surface area contributed by atoms with E-state index in [1.165, 1.54) is 6.92 Å². The molecule has 22 heavy (non-hydrogen) atoms. The fourth-order valence-corrected chi connectivity index (χ4v) is 3.10. The number of carbonyl (C=O) groups is 1. The summed E-state index contributed by atoms with van der Waals surface area (Å²) in [5, 5.41) is 2.80. The number of nitrogens with one attached hydrogen (secondary N) is 1. The second-order valence-corrected chi connectivity index (χ2v) is 8.08. The average molecular weight is 367 g/mol. The van der Waals surface area contributed by atoms with Gasteiger partial charge in [0.25, 0.3) is 0 Å². The second-order valence-electron chi connectivity index (χ2n) is 5.28. The highest BCUT2D eigenvalue weighted by molar-refractivity contribution is 7.92. The van der Waals surface area contributed by atoms with Crippen LogP contribution in [0.4, 0.5) is 0 Å². The van der Waals surface area contributed by atoms with E-state index in [1.54, 1.807) is 11.0 Å². The molecule has 5 nitrogen and oxygen atoms in total. The molecule has 1 fully saturated rings. The molecule has 2 rings (SSSR count). The maximum Gasteiger partial charge on any atom is 0.241 e. The number of carbonyl (C=O) groups excluding carboxylic acids is 1. The van der Waals surface area contributed by atoms with Crippen LogP contribution in [0.15, 0.2) is 24.3 Å². The Balaban J connectivity index is 0.00000242. The van der Waals surface area contributed by atoms with Crippen LogP contribution in [-0.4, -0.2) is 50.4 Å². The molecule has 1 N–H and O–H groups in total. The van der Waals surface area contributed by atoms with Gasteiger partial charge in [0.2, 0.25) is 5.91 Å². The predicted molar refractivity (Wildman–Crippen MR) is 90.3 cm³/mol. The van der Waals surface area contributed by atoms with E-state index < -0.39 is 15.1 Å². The lowest BCUT2D eigenvalue weighted by molar-refractivity contribution is -0.133. The zero-order chi connectivity index (χ0) is 15.6. The molecule has 0 saturated carbocycles. The van der Waals surface area contributed by atoms with E-state index in [1.807, 2.05) is 18.2 Å². The number of piperazine rings is 1. The zero-order valence-corrected chi connectivity index (χ0v) is 14.8. The molecule has 2 atom stereocenters. The second kappa shape index (κ2) is 7.64. The Bertz CT molecular complexity index is 637. The maximum absolute atomic E-state index is 12.5. The lowest BCUT2D eigenvalue weighted by atomic mass is 10.0. The Morgan fingerprint density at radius 3 is 2.73 bits per heavy atom. The molecule has 0 bridgehead atoms. The van der Waals surface area contributed by atoms with Crippen molar-refractivity contribution in [2.75, 3.05) is 25.9 Å². The zero-order valence-electron chi connectivity index (χ0n) is 12.5. The first-order chi connectivity index (χ1) is 9.80. The van der Waals surface area contributed by atoms with Crippen LogP contribution in [-0.2, 0) is 14.6 Å². The first kappa shape index (κ1) is 19.2. The SMILES string of the molecule is CC(C(=O)N1CCNCC1c1cccc(Cl)c1)S(C)(=O)=O.Cl. The van der Waals surface area contributed by atoms with E-state index in [0.29, 0.717) is 24.7 Å².